The zero-order valence-corrected chi connectivity index (χ0v) is 17.4. The smallest absolute Gasteiger partial charge is 0.222 e. The average molecular weight is 413 g/mol. The third-order valence-corrected chi connectivity index (χ3v) is 5.43. The second-order valence-corrected chi connectivity index (χ2v) is 7.83. The van der Waals surface area contributed by atoms with Crippen LogP contribution in [-0.4, -0.2) is 0 Å². The van der Waals surface area contributed by atoms with Gasteiger partial charge in [-0.2, -0.15) is 0 Å². The largest absolute Gasteiger partial charge is 0.805 e. The highest BCUT2D eigenvalue weighted by Gasteiger charge is 2.24. The molecular formula is C26H22O3P+. The van der Waals surface area contributed by atoms with E-state index in [4.69, 9.17) is 9.05 Å². The van der Waals surface area contributed by atoms with Crippen LogP contribution in [0.15, 0.2) is 109 Å². The lowest BCUT2D eigenvalue weighted by atomic mass is 10.1. The van der Waals surface area contributed by atoms with Gasteiger partial charge in [0.2, 0.25) is 0 Å². The summed E-state index contributed by atoms with van der Waals surface area (Å²) in [6, 6.07) is 35.7. The second kappa shape index (κ2) is 9.87. The molecule has 0 radical (unpaired) electrons. The molecule has 148 valence electrons. The molecule has 0 aliphatic carbocycles. The van der Waals surface area contributed by atoms with E-state index in [0.717, 1.165) is 12.8 Å². The molecule has 3 nitrogen and oxygen atoms in total. The van der Waals surface area contributed by atoms with Gasteiger partial charge >= 0.3 is 8.25 Å². The summed E-state index contributed by atoms with van der Waals surface area (Å²) in [5.41, 5.74) is 4.82. The minimum absolute atomic E-state index is 0.522. The topological polar surface area (TPSA) is 35.5 Å². The molecule has 0 heterocycles. The molecule has 0 unspecified atom stereocenters. The Hall–Kier alpha value is -3.42. The van der Waals surface area contributed by atoms with Gasteiger partial charge in [-0.25, -0.2) is 9.05 Å². The average Bonchev–Trinajstić information content (AvgIpc) is 2.78. The first-order chi connectivity index (χ1) is 14.7. The van der Waals surface area contributed by atoms with E-state index in [-0.39, 0.29) is 0 Å². The number of hydrogen-bond donors (Lipinski definition) is 0. The van der Waals surface area contributed by atoms with E-state index in [2.05, 4.69) is 24.3 Å². The quantitative estimate of drug-likeness (QED) is 0.292. The van der Waals surface area contributed by atoms with Crippen molar-refractivity contribution in [3.8, 4) is 11.5 Å². The van der Waals surface area contributed by atoms with E-state index in [1.165, 1.54) is 22.3 Å². The van der Waals surface area contributed by atoms with Gasteiger partial charge in [0.25, 0.3) is 0 Å². The van der Waals surface area contributed by atoms with Crippen molar-refractivity contribution in [2.45, 2.75) is 12.8 Å². The van der Waals surface area contributed by atoms with Crippen LogP contribution in [0.4, 0.5) is 0 Å². The minimum atomic E-state index is -2.30. The van der Waals surface area contributed by atoms with Gasteiger partial charge in [0.05, 0.1) is 0 Å². The van der Waals surface area contributed by atoms with E-state index in [9.17, 15) is 4.57 Å². The fourth-order valence-corrected chi connectivity index (χ4v) is 3.82. The Labute approximate surface area is 177 Å². The maximum Gasteiger partial charge on any atom is 0.805 e. The van der Waals surface area contributed by atoms with Gasteiger partial charge in [-0.3, -0.25) is 0 Å². The Balaban J connectivity index is 1.30. The van der Waals surface area contributed by atoms with E-state index in [1.807, 2.05) is 84.9 Å². The van der Waals surface area contributed by atoms with Gasteiger partial charge in [-0.1, -0.05) is 84.9 Å². The molecule has 30 heavy (non-hydrogen) atoms. The van der Waals surface area contributed by atoms with Gasteiger partial charge in [-0.15, -0.1) is 0 Å². The van der Waals surface area contributed by atoms with E-state index in [1.54, 1.807) is 0 Å². The molecule has 0 aliphatic rings. The molecule has 0 spiro atoms. The molecule has 4 aromatic rings. The monoisotopic (exact) mass is 413 g/mol. The first-order valence-corrected chi connectivity index (χ1v) is 10.9. The molecule has 4 heteroatoms. The summed E-state index contributed by atoms with van der Waals surface area (Å²) < 4.78 is 23.1. The fraction of sp³-hybridized carbons (Fsp3) is 0.0769. The zero-order valence-electron chi connectivity index (χ0n) is 16.5. The van der Waals surface area contributed by atoms with Crippen molar-refractivity contribution in [1.29, 1.82) is 0 Å². The van der Waals surface area contributed by atoms with Crippen LogP contribution in [0.3, 0.4) is 0 Å². The van der Waals surface area contributed by atoms with Gasteiger partial charge in [-0.05, 0) is 59.4 Å². The summed E-state index contributed by atoms with van der Waals surface area (Å²) in [6.07, 6.45) is 1.69. The van der Waals surface area contributed by atoms with E-state index in [0.29, 0.717) is 11.5 Å². The Bertz CT molecular complexity index is 988. The fourth-order valence-electron chi connectivity index (χ4n) is 3.19. The molecule has 4 rings (SSSR count). The molecule has 0 saturated carbocycles. The van der Waals surface area contributed by atoms with Crippen molar-refractivity contribution in [2.24, 2.45) is 0 Å². The van der Waals surface area contributed by atoms with Crippen LogP contribution in [0.2, 0.25) is 0 Å². The molecular weight excluding hydrogens is 391 g/mol. The molecule has 0 N–H and O–H groups in total. The maximum atomic E-state index is 12.2. The van der Waals surface area contributed by atoms with Crippen molar-refractivity contribution in [1.82, 2.24) is 0 Å². The number of hydrogen-bond acceptors (Lipinski definition) is 3. The Morgan fingerprint density at radius 2 is 0.800 bits per heavy atom. The second-order valence-electron chi connectivity index (χ2n) is 7.02. The van der Waals surface area contributed by atoms with Crippen LogP contribution in [-0.2, 0) is 17.4 Å². The molecule has 0 aromatic heterocycles. The molecule has 0 fully saturated rings. The Kier molecular flexibility index (Phi) is 6.54. The normalized spacial score (nSPS) is 10.4. The summed E-state index contributed by atoms with van der Waals surface area (Å²) in [5.74, 6) is 1.04. The maximum absolute atomic E-state index is 12.2. The van der Waals surface area contributed by atoms with Crippen molar-refractivity contribution in [3.63, 3.8) is 0 Å². The summed E-state index contributed by atoms with van der Waals surface area (Å²) in [5, 5.41) is 0. The Morgan fingerprint density at radius 3 is 1.17 bits per heavy atom. The predicted octanol–water partition coefficient (Wildman–Crippen LogP) is 6.98. The van der Waals surface area contributed by atoms with E-state index >= 15 is 0 Å². The molecule has 0 aliphatic heterocycles. The lowest BCUT2D eigenvalue weighted by Crippen LogP contribution is -1.92. The van der Waals surface area contributed by atoms with Crippen LogP contribution in [0.5, 0.6) is 11.5 Å². The zero-order chi connectivity index (χ0) is 20.6. The highest BCUT2D eigenvalue weighted by Crippen LogP contribution is 2.31. The predicted molar refractivity (Wildman–Crippen MR) is 120 cm³/mol. The van der Waals surface area contributed by atoms with Crippen molar-refractivity contribution < 1.29 is 13.6 Å². The molecule has 0 saturated heterocycles. The van der Waals surface area contributed by atoms with Crippen LogP contribution < -0.4 is 9.05 Å². The summed E-state index contributed by atoms with van der Waals surface area (Å²) >= 11 is 0. The summed E-state index contributed by atoms with van der Waals surface area (Å²) in [7, 11) is -2.30. The third-order valence-electron chi connectivity index (χ3n) is 4.71. The summed E-state index contributed by atoms with van der Waals surface area (Å²) in [4.78, 5) is 0. The number of benzene rings is 4. The molecule has 0 atom stereocenters. The van der Waals surface area contributed by atoms with Crippen LogP contribution >= 0.6 is 8.25 Å². The Morgan fingerprint density at radius 1 is 0.467 bits per heavy atom. The molecule has 0 bridgehead atoms. The van der Waals surface area contributed by atoms with Crippen LogP contribution in [0.1, 0.15) is 22.3 Å². The highest BCUT2D eigenvalue weighted by molar-refractivity contribution is 7.34. The van der Waals surface area contributed by atoms with Gasteiger partial charge in [0.1, 0.15) is 0 Å². The SMILES string of the molecule is O=[P+](Oc1ccc(Cc2ccccc2)cc1)Oc1ccc(Cc2ccccc2)cc1. The standard InChI is InChI=1S/C26H22O3P/c27-30(28-25-15-11-23(12-16-25)19-21-7-3-1-4-8-21)29-26-17-13-24(14-18-26)20-22-9-5-2-6-10-22/h1-18H,19-20H2/q+1. The first-order valence-electron chi connectivity index (χ1n) is 9.83. The van der Waals surface area contributed by atoms with Crippen LogP contribution in [0.25, 0.3) is 0 Å². The van der Waals surface area contributed by atoms with Crippen molar-refractivity contribution in [3.05, 3.63) is 131 Å². The van der Waals surface area contributed by atoms with Gasteiger partial charge in [0.15, 0.2) is 11.5 Å². The first kappa shape index (κ1) is 19.9. The van der Waals surface area contributed by atoms with Gasteiger partial charge in [0, 0.05) is 4.57 Å². The lowest BCUT2D eigenvalue weighted by Gasteiger charge is -2.02. The summed E-state index contributed by atoms with van der Waals surface area (Å²) in [6.45, 7) is 0. The van der Waals surface area contributed by atoms with Crippen molar-refractivity contribution in [2.75, 3.05) is 0 Å². The van der Waals surface area contributed by atoms with Crippen LogP contribution in [0, 0.1) is 0 Å². The molecule has 0 amide bonds. The molecule has 4 aromatic carbocycles. The number of rotatable bonds is 8. The highest BCUT2D eigenvalue weighted by atomic mass is 31.1. The third kappa shape index (κ3) is 5.79. The van der Waals surface area contributed by atoms with Crippen molar-refractivity contribution >= 4 is 8.25 Å². The minimum Gasteiger partial charge on any atom is -0.222 e. The van der Waals surface area contributed by atoms with Gasteiger partial charge < -0.3 is 0 Å². The van der Waals surface area contributed by atoms with E-state index < -0.39 is 8.25 Å². The lowest BCUT2D eigenvalue weighted by molar-refractivity contribution is 0.415.